The van der Waals surface area contributed by atoms with Gasteiger partial charge in [-0.25, -0.2) is 8.78 Å². The third-order valence-electron chi connectivity index (χ3n) is 1.20. The highest BCUT2D eigenvalue weighted by molar-refractivity contribution is 5.78. The smallest absolute Gasteiger partial charge is 0.162 e. The number of phenols is 1. The van der Waals surface area contributed by atoms with Crippen LogP contribution in [-0.2, 0) is 0 Å². The van der Waals surface area contributed by atoms with Crippen molar-refractivity contribution in [2.45, 2.75) is 0 Å². The number of phenolic OH excluding ortho intramolecular Hbond substituents is 1. The van der Waals surface area contributed by atoms with E-state index in [1.54, 1.807) is 0 Å². The molecule has 0 unspecified atom stereocenters. The molecular weight excluding hydrogens is 154 g/mol. The molecule has 0 radical (unpaired) electrons. The summed E-state index contributed by atoms with van der Waals surface area (Å²) in [7, 11) is 0. The fourth-order valence-electron chi connectivity index (χ4n) is 0.646. The van der Waals surface area contributed by atoms with Crippen LogP contribution in [0.2, 0.25) is 0 Å². The lowest BCUT2D eigenvalue weighted by Gasteiger charge is -1.96. The van der Waals surface area contributed by atoms with Gasteiger partial charge >= 0.3 is 0 Å². The number of hydrogen-bond acceptors (Lipinski definition) is 2. The Balaban J connectivity index is 3.31. The number of benzene rings is 1. The van der Waals surface area contributed by atoms with Crippen molar-refractivity contribution < 1.29 is 18.7 Å². The van der Waals surface area contributed by atoms with Gasteiger partial charge in [0.05, 0.1) is 5.56 Å². The van der Waals surface area contributed by atoms with Crippen LogP contribution in [0.4, 0.5) is 8.78 Å². The maximum Gasteiger partial charge on any atom is 0.162 e. The lowest BCUT2D eigenvalue weighted by atomic mass is 10.2. The largest absolute Gasteiger partial charge is 0.507 e. The molecule has 1 N–H and O–H groups in total. The van der Waals surface area contributed by atoms with Crippen LogP contribution in [0.25, 0.3) is 0 Å². The standard InChI is InChI=1S/C7H4F2O2/c8-5-1-4(3-10)7(11)2-6(5)9/h1-3,11H. The summed E-state index contributed by atoms with van der Waals surface area (Å²) in [5, 5.41) is 8.78. The molecule has 11 heavy (non-hydrogen) atoms. The monoisotopic (exact) mass is 158 g/mol. The van der Waals surface area contributed by atoms with Gasteiger partial charge in [0.1, 0.15) is 5.75 Å². The molecule has 0 aliphatic carbocycles. The first kappa shape index (κ1) is 7.65. The molecule has 0 atom stereocenters. The van der Waals surface area contributed by atoms with Gasteiger partial charge in [-0.3, -0.25) is 4.79 Å². The number of carbonyl (C=O) groups is 1. The SMILES string of the molecule is O=Cc1cc(F)c(F)cc1O. The lowest BCUT2D eigenvalue weighted by Crippen LogP contribution is -1.88. The van der Waals surface area contributed by atoms with Crippen molar-refractivity contribution in [3.8, 4) is 5.75 Å². The van der Waals surface area contributed by atoms with Crippen molar-refractivity contribution in [1.29, 1.82) is 0 Å². The zero-order valence-electron chi connectivity index (χ0n) is 5.34. The Morgan fingerprint density at radius 2 is 1.82 bits per heavy atom. The van der Waals surface area contributed by atoms with Crippen molar-refractivity contribution in [3.05, 3.63) is 29.3 Å². The van der Waals surface area contributed by atoms with Crippen molar-refractivity contribution in [2.24, 2.45) is 0 Å². The van der Waals surface area contributed by atoms with Crippen LogP contribution < -0.4 is 0 Å². The van der Waals surface area contributed by atoms with E-state index < -0.39 is 17.4 Å². The van der Waals surface area contributed by atoms with Gasteiger partial charge in [0.2, 0.25) is 0 Å². The van der Waals surface area contributed by atoms with Gasteiger partial charge in [-0.05, 0) is 6.07 Å². The second-order valence-corrected chi connectivity index (χ2v) is 1.94. The summed E-state index contributed by atoms with van der Waals surface area (Å²) in [5.41, 5.74) is -0.260. The summed E-state index contributed by atoms with van der Waals surface area (Å²) >= 11 is 0. The quantitative estimate of drug-likeness (QED) is 0.628. The van der Waals surface area contributed by atoms with Gasteiger partial charge in [-0.1, -0.05) is 0 Å². The Labute approximate surface area is 61.1 Å². The molecular formula is C7H4F2O2. The first-order chi connectivity index (χ1) is 5.15. The maximum atomic E-state index is 12.3. The molecule has 1 rings (SSSR count). The van der Waals surface area contributed by atoms with E-state index in [2.05, 4.69) is 0 Å². The molecule has 0 heterocycles. The Morgan fingerprint density at radius 3 is 2.36 bits per heavy atom. The number of rotatable bonds is 1. The minimum absolute atomic E-state index is 0.248. The van der Waals surface area contributed by atoms with Crippen LogP contribution in [0.15, 0.2) is 12.1 Å². The van der Waals surface area contributed by atoms with Crippen LogP contribution in [0.5, 0.6) is 5.75 Å². The fourth-order valence-corrected chi connectivity index (χ4v) is 0.646. The summed E-state index contributed by atoms with van der Waals surface area (Å²) in [4.78, 5) is 10.0. The van der Waals surface area contributed by atoms with E-state index in [0.29, 0.717) is 12.1 Å². The molecule has 4 heteroatoms. The third-order valence-corrected chi connectivity index (χ3v) is 1.20. The molecule has 0 aliphatic rings. The zero-order valence-corrected chi connectivity index (χ0v) is 5.34. The second-order valence-electron chi connectivity index (χ2n) is 1.94. The Hall–Kier alpha value is -1.45. The average molecular weight is 158 g/mol. The fraction of sp³-hybridized carbons (Fsp3) is 0. The minimum Gasteiger partial charge on any atom is -0.507 e. The predicted octanol–water partition coefficient (Wildman–Crippen LogP) is 1.48. The van der Waals surface area contributed by atoms with Crippen LogP contribution in [-0.4, -0.2) is 11.4 Å². The van der Waals surface area contributed by atoms with E-state index in [0.717, 1.165) is 0 Å². The van der Waals surface area contributed by atoms with Crippen molar-refractivity contribution in [3.63, 3.8) is 0 Å². The molecule has 2 nitrogen and oxygen atoms in total. The first-order valence-electron chi connectivity index (χ1n) is 2.78. The van der Waals surface area contributed by atoms with E-state index in [9.17, 15) is 13.6 Å². The number of hydrogen-bond donors (Lipinski definition) is 1. The van der Waals surface area contributed by atoms with Crippen LogP contribution >= 0.6 is 0 Å². The van der Waals surface area contributed by atoms with Crippen LogP contribution in [0.3, 0.4) is 0 Å². The molecule has 0 spiro atoms. The lowest BCUT2D eigenvalue weighted by molar-refractivity contribution is 0.112. The van der Waals surface area contributed by atoms with E-state index >= 15 is 0 Å². The van der Waals surface area contributed by atoms with Crippen molar-refractivity contribution >= 4 is 6.29 Å². The molecule has 0 aliphatic heterocycles. The molecule has 1 aromatic carbocycles. The molecule has 1 aromatic rings. The maximum absolute atomic E-state index is 12.3. The van der Waals surface area contributed by atoms with Gasteiger partial charge < -0.3 is 5.11 Å². The van der Waals surface area contributed by atoms with Gasteiger partial charge in [-0.15, -0.1) is 0 Å². The average Bonchev–Trinajstić information content (AvgIpc) is 1.97. The summed E-state index contributed by atoms with van der Waals surface area (Å²) < 4.78 is 24.5. The van der Waals surface area contributed by atoms with Crippen molar-refractivity contribution in [2.75, 3.05) is 0 Å². The van der Waals surface area contributed by atoms with Gasteiger partial charge in [0, 0.05) is 6.07 Å². The number of halogens is 2. The zero-order chi connectivity index (χ0) is 8.43. The summed E-state index contributed by atoms with van der Waals surface area (Å²) in [5.74, 6) is -2.88. The van der Waals surface area contributed by atoms with E-state index in [1.165, 1.54) is 0 Å². The highest BCUT2D eigenvalue weighted by atomic mass is 19.2. The van der Waals surface area contributed by atoms with Crippen LogP contribution in [0, 0.1) is 11.6 Å². The van der Waals surface area contributed by atoms with Crippen molar-refractivity contribution in [1.82, 2.24) is 0 Å². The molecule has 0 saturated heterocycles. The summed E-state index contributed by atoms with van der Waals surface area (Å²) in [6, 6.07) is 1.19. The highest BCUT2D eigenvalue weighted by Crippen LogP contribution is 2.18. The Morgan fingerprint density at radius 1 is 1.27 bits per heavy atom. The minimum atomic E-state index is -1.17. The topological polar surface area (TPSA) is 37.3 Å². The first-order valence-corrected chi connectivity index (χ1v) is 2.78. The molecule has 0 amide bonds. The van der Waals surface area contributed by atoms with Gasteiger partial charge in [-0.2, -0.15) is 0 Å². The second kappa shape index (κ2) is 2.65. The molecule has 58 valence electrons. The van der Waals surface area contributed by atoms with Crippen LogP contribution in [0.1, 0.15) is 10.4 Å². The molecule has 0 saturated carbocycles. The molecule has 0 fully saturated rings. The molecule has 0 bridgehead atoms. The van der Waals surface area contributed by atoms with Gasteiger partial charge in [0.25, 0.3) is 0 Å². The Bertz CT molecular complexity index is 297. The van der Waals surface area contributed by atoms with E-state index in [1.807, 2.05) is 0 Å². The van der Waals surface area contributed by atoms with Gasteiger partial charge in [0.15, 0.2) is 17.9 Å². The number of aromatic hydroxyl groups is 1. The van der Waals surface area contributed by atoms with E-state index in [-0.39, 0.29) is 11.8 Å². The molecule has 0 aromatic heterocycles. The highest BCUT2D eigenvalue weighted by Gasteiger charge is 2.07. The summed E-state index contributed by atoms with van der Waals surface area (Å²) in [6.45, 7) is 0. The number of carbonyl (C=O) groups excluding carboxylic acids is 1. The normalized spacial score (nSPS) is 9.64. The third kappa shape index (κ3) is 1.34. The number of aldehydes is 1. The predicted molar refractivity (Wildman–Crippen MR) is 33.4 cm³/mol. The Kier molecular flexibility index (Phi) is 1.85. The summed E-state index contributed by atoms with van der Waals surface area (Å²) in [6.07, 6.45) is 0.248. The van der Waals surface area contributed by atoms with E-state index in [4.69, 9.17) is 5.11 Å².